The molecule has 0 spiro atoms. The Morgan fingerprint density at radius 2 is 1.93 bits per heavy atom. The van der Waals surface area contributed by atoms with Crippen LogP contribution in [0, 0.1) is 0 Å². The number of carbonyl (C=O) groups excluding carboxylic acids is 1. The molecule has 150 valence electrons. The average Bonchev–Trinajstić information content (AvgIpc) is 2.77. The van der Waals surface area contributed by atoms with Crippen molar-refractivity contribution in [2.45, 2.75) is 6.54 Å². The second-order valence-electron chi connectivity index (χ2n) is 6.50. The molecule has 0 aliphatic rings. The zero-order chi connectivity index (χ0) is 20.9. The van der Waals surface area contributed by atoms with Crippen LogP contribution in [0.4, 0.5) is 11.5 Å². The first-order chi connectivity index (χ1) is 14.6. The van der Waals surface area contributed by atoms with Crippen LogP contribution in [0.2, 0.25) is 0 Å². The number of pyridine rings is 3. The molecule has 0 bridgehead atoms. The predicted molar refractivity (Wildman–Crippen MR) is 120 cm³/mol. The van der Waals surface area contributed by atoms with E-state index in [-0.39, 0.29) is 5.91 Å². The number of halogens is 1. The fourth-order valence-electron chi connectivity index (χ4n) is 2.98. The van der Waals surface area contributed by atoms with Crippen LogP contribution in [0.25, 0.3) is 10.8 Å². The largest absolute Gasteiger partial charge is 0.497 e. The van der Waals surface area contributed by atoms with Crippen LogP contribution in [0.15, 0.2) is 71.9 Å². The van der Waals surface area contributed by atoms with E-state index in [0.29, 0.717) is 23.6 Å². The van der Waals surface area contributed by atoms with Gasteiger partial charge in [0.2, 0.25) is 0 Å². The van der Waals surface area contributed by atoms with Crippen molar-refractivity contribution < 1.29 is 9.53 Å². The van der Waals surface area contributed by atoms with Crippen molar-refractivity contribution in [2.24, 2.45) is 0 Å². The van der Waals surface area contributed by atoms with Crippen LogP contribution in [-0.4, -0.2) is 28.0 Å². The standard InChI is InChI=1S/C22H18BrN5O2/c1-30-17-3-2-15-10-21(27-12-16(15)9-17)28-22(29)18-13-24-6-5-19(18)26-11-14-4-7-25-20(23)8-14/h2-10,12-13H,11H2,1H3,(H,24,26)(H,27,28,29). The smallest absolute Gasteiger partial charge is 0.260 e. The number of hydrogen-bond donors (Lipinski definition) is 2. The zero-order valence-corrected chi connectivity index (χ0v) is 17.7. The lowest BCUT2D eigenvalue weighted by Gasteiger charge is -2.12. The molecule has 0 unspecified atom stereocenters. The highest BCUT2D eigenvalue weighted by atomic mass is 79.9. The quantitative estimate of drug-likeness (QED) is 0.404. The minimum atomic E-state index is -0.290. The highest BCUT2D eigenvalue weighted by Gasteiger charge is 2.13. The second-order valence-corrected chi connectivity index (χ2v) is 7.31. The molecule has 1 aromatic carbocycles. The lowest BCUT2D eigenvalue weighted by Crippen LogP contribution is -2.16. The molecular formula is C22H18BrN5O2. The Morgan fingerprint density at radius 3 is 2.77 bits per heavy atom. The SMILES string of the molecule is COc1ccc2cc(NC(=O)c3cnccc3NCc3ccnc(Br)c3)ncc2c1. The van der Waals surface area contributed by atoms with E-state index in [1.165, 1.54) is 6.20 Å². The number of benzene rings is 1. The van der Waals surface area contributed by atoms with Crippen molar-refractivity contribution in [3.63, 3.8) is 0 Å². The Labute approximate surface area is 181 Å². The van der Waals surface area contributed by atoms with E-state index >= 15 is 0 Å². The number of hydrogen-bond acceptors (Lipinski definition) is 6. The van der Waals surface area contributed by atoms with Gasteiger partial charge in [-0.2, -0.15) is 0 Å². The fraction of sp³-hybridized carbons (Fsp3) is 0.0909. The van der Waals surface area contributed by atoms with Gasteiger partial charge >= 0.3 is 0 Å². The summed E-state index contributed by atoms with van der Waals surface area (Å²) < 4.78 is 5.99. The van der Waals surface area contributed by atoms with Gasteiger partial charge in [0.1, 0.15) is 16.2 Å². The van der Waals surface area contributed by atoms with E-state index in [9.17, 15) is 4.79 Å². The summed E-state index contributed by atoms with van der Waals surface area (Å²) in [5.41, 5.74) is 2.15. The zero-order valence-electron chi connectivity index (χ0n) is 16.1. The Balaban J connectivity index is 1.51. The fourth-order valence-corrected chi connectivity index (χ4v) is 3.39. The molecule has 7 nitrogen and oxygen atoms in total. The van der Waals surface area contributed by atoms with Gasteiger partial charge in [-0.3, -0.25) is 9.78 Å². The molecule has 0 radical (unpaired) electrons. The van der Waals surface area contributed by atoms with E-state index in [0.717, 1.165) is 26.7 Å². The first-order valence-corrected chi connectivity index (χ1v) is 9.95. The van der Waals surface area contributed by atoms with Gasteiger partial charge in [-0.1, -0.05) is 6.07 Å². The normalized spacial score (nSPS) is 10.6. The molecule has 4 rings (SSSR count). The van der Waals surface area contributed by atoms with Crippen molar-refractivity contribution in [2.75, 3.05) is 17.7 Å². The highest BCUT2D eigenvalue weighted by Crippen LogP contribution is 2.23. The summed E-state index contributed by atoms with van der Waals surface area (Å²) in [6.07, 6.45) is 6.61. The summed E-state index contributed by atoms with van der Waals surface area (Å²) in [6.45, 7) is 0.543. The van der Waals surface area contributed by atoms with E-state index < -0.39 is 0 Å². The molecule has 1 amide bonds. The molecule has 8 heteroatoms. The molecule has 2 N–H and O–H groups in total. The van der Waals surface area contributed by atoms with Crippen LogP contribution in [0.3, 0.4) is 0 Å². The first-order valence-electron chi connectivity index (χ1n) is 9.16. The lowest BCUT2D eigenvalue weighted by molar-refractivity contribution is 0.102. The number of ether oxygens (including phenoxy) is 1. The summed E-state index contributed by atoms with van der Waals surface area (Å²) >= 11 is 3.36. The highest BCUT2D eigenvalue weighted by molar-refractivity contribution is 9.10. The molecule has 0 aliphatic heterocycles. The van der Waals surface area contributed by atoms with Crippen LogP contribution in [-0.2, 0) is 6.54 Å². The van der Waals surface area contributed by atoms with E-state index in [1.807, 2.05) is 36.4 Å². The van der Waals surface area contributed by atoms with Crippen LogP contribution < -0.4 is 15.4 Å². The molecule has 0 saturated carbocycles. The third-order valence-corrected chi connectivity index (χ3v) is 4.94. The lowest BCUT2D eigenvalue weighted by atomic mass is 10.1. The topological polar surface area (TPSA) is 89.0 Å². The van der Waals surface area contributed by atoms with Gasteiger partial charge in [0.25, 0.3) is 5.91 Å². The van der Waals surface area contributed by atoms with E-state index in [1.54, 1.807) is 31.8 Å². The molecule has 3 aromatic heterocycles. The van der Waals surface area contributed by atoms with Gasteiger partial charge in [0.15, 0.2) is 0 Å². The summed E-state index contributed by atoms with van der Waals surface area (Å²) in [5, 5.41) is 8.01. The number of nitrogens with one attached hydrogen (secondary N) is 2. The van der Waals surface area contributed by atoms with E-state index in [4.69, 9.17) is 4.74 Å². The predicted octanol–water partition coefficient (Wildman–Crippen LogP) is 4.66. The summed E-state index contributed by atoms with van der Waals surface area (Å²) in [4.78, 5) is 25.4. The van der Waals surface area contributed by atoms with Crippen LogP contribution >= 0.6 is 15.9 Å². The molecule has 0 atom stereocenters. The Morgan fingerprint density at radius 1 is 1.03 bits per heavy atom. The van der Waals surface area contributed by atoms with Crippen LogP contribution in [0.1, 0.15) is 15.9 Å². The number of fused-ring (bicyclic) bond motifs is 1. The Bertz CT molecular complexity index is 1220. The van der Waals surface area contributed by atoms with Gasteiger partial charge in [0, 0.05) is 36.7 Å². The number of amides is 1. The third-order valence-electron chi connectivity index (χ3n) is 4.51. The monoisotopic (exact) mass is 463 g/mol. The van der Waals surface area contributed by atoms with Crippen molar-refractivity contribution in [1.82, 2.24) is 15.0 Å². The summed E-state index contributed by atoms with van der Waals surface area (Å²) in [7, 11) is 1.62. The number of nitrogens with zero attached hydrogens (tertiary/aromatic N) is 3. The van der Waals surface area contributed by atoms with Gasteiger partial charge in [-0.15, -0.1) is 0 Å². The molecule has 0 saturated heterocycles. The number of methoxy groups -OCH3 is 1. The van der Waals surface area contributed by atoms with Crippen molar-refractivity contribution >= 4 is 44.1 Å². The number of carbonyl (C=O) groups is 1. The maximum absolute atomic E-state index is 12.9. The van der Waals surface area contributed by atoms with Crippen molar-refractivity contribution in [3.8, 4) is 5.75 Å². The number of rotatable bonds is 6. The minimum absolute atomic E-state index is 0.290. The first kappa shape index (κ1) is 19.8. The summed E-state index contributed by atoms with van der Waals surface area (Å²) in [6, 6.07) is 13.1. The van der Waals surface area contributed by atoms with Gasteiger partial charge < -0.3 is 15.4 Å². The Kier molecular flexibility index (Phi) is 5.85. The minimum Gasteiger partial charge on any atom is -0.497 e. The maximum atomic E-state index is 12.9. The summed E-state index contributed by atoms with van der Waals surface area (Å²) in [5.74, 6) is 0.931. The molecule has 3 heterocycles. The second kappa shape index (κ2) is 8.87. The Hall–Kier alpha value is -3.52. The molecule has 0 aliphatic carbocycles. The van der Waals surface area contributed by atoms with Crippen LogP contribution in [0.5, 0.6) is 5.75 Å². The molecule has 4 aromatic rings. The molecule has 0 fully saturated rings. The van der Waals surface area contributed by atoms with Gasteiger partial charge in [-0.05, 0) is 63.3 Å². The maximum Gasteiger partial charge on any atom is 0.260 e. The number of anilines is 2. The van der Waals surface area contributed by atoms with Gasteiger partial charge in [-0.25, -0.2) is 9.97 Å². The van der Waals surface area contributed by atoms with Crippen molar-refractivity contribution in [3.05, 3.63) is 83.0 Å². The van der Waals surface area contributed by atoms with Crippen molar-refractivity contribution in [1.29, 1.82) is 0 Å². The molecular weight excluding hydrogens is 446 g/mol. The third kappa shape index (κ3) is 4.55. The number of aromatic nitrogens is 3. The average molecular weight is 464 g/mol. The van der Waals surface area contributed by atoms with Gasteiger partial charge in [0.05, 0.1) is 18.4 Å². The molecule has 30 heavy (non-hydrogen) atoms. The van der Waals surface area contributed by atoms with E-state index in [2.05, 4.69) is 41.5 Å².